The topological polar surface area (TPSA) is 71.3 Å². The van der Waals surface area contributed by atoms with Gasteiger partial charge in [-0.3, -0.25) is 4.79 Å². The largest absolute Gasteiger partial charge is 0.493 e. The molecule has 2 aromatic rings. The van der Waals surface area contributed by atoms with Crippen molar-refractivity contribution < 1.29 is 18.7 Å². The lowest BCUT2D eigenvalue weighted by atomic mass is 10.1. The number of methoxy groups -OCH3 is 2. The molecule has 0 atom stereocenters. The molecule has 0 radical (unpaired) electrons. The summed E-state index contributed by atoms with van der Waals surface area (Å²) in [5.41, 5.74) is 0.230. The van der Waals surface area contributed by atoms with Gasteiger partial charge in [0.15, 0.2) is 11.5 Å². The second-order valence-electron chi connectivity index (χ2n) is 4.84. The maximum absolute atomic E-state index is 13.6. The SMILES string of the molecule is COc1cc(/C=C(/C#N)C(=O)Nc2ccccc2F)cc(Cl)c1OC. The van der Waals surface area contributed by atoms with Gasteiger partial charge in [0.25, 0.3) is 5.91 Å². The summed E-state index contributed by atoms with van der Waals surface area (Å²) in [5.74, 6) is -0.635. The quantitative estimate of drug-likeness (QED) is 0.645. The Balaban J connectivity index is 2.34. The fourth-order valence-corrected chi connectivity index (χ4v) is 2.38. The van der Waals surface area contributed by atoms with Gasteiger partial charge in [-0.25, -0.2) is 4.39 Å². The monoisotopic (exact) mass is 360 g/mol. The molecule has 0 aliphatic heterocycles. The average Bonchev–Trinajstić information content (AvgIpc) is 2.60. The van der Waals surface area contributed by atoms with Crippen LogP contribution in [-0.4, -0.2) is 20.1 Å². The smallest absolute Gasteiger partial charge is 0.266 e. The number of carbonyl (C=O) groups excluding carboxylic acids is 1. The minimum atomic E-state index is -0.737. The number of hydrogen-bond donors (Lipinski definition) is 1. The first-order valence-corrected chi connectivity index (χ1v) is 7.47. The van der Waals surface area contributed by atoms with Gasteiger partial charge in [-0.05, 0) is 35.9 Å². The van der Waals surface area contributed by atoms with Crippen molar-refractivity contribution in [2.75, 3.05) is 19.5 Å². The number of nitrogens with zero attached hydrogens (tertiary/aromatic N) is 1. The normalized spacial score (nSPS) is 10.8. The van der Waals surface area contributed by atoms with Crippen molar-refractivity contribution in [1.29, 1.82) is 5.26 Å². The van der Waals surface area contributed by atoms with Crippen LogP contribution >= 0.6 is 11.6 Å². The Morgan fingerprint density at radius 2 is 2.00 bits per heavy atom. The van der Waals surface area contributed by atoms with E-state index in [1.807, 2.05) is 0 Å². The van der Waals surface area contributed by atoms with Crippen LogP contribution in [0.5, 0.6) is 11.5 Å². The van der Waals surface area contributed by atoms with E-state index in [2.05, 4.69) is 5.32 Å². The Labute approximate surface area is 149 Å². The number of anilines is 1. The second-order valence-corrected chi connectivity index (χ2v) is 5.25. The van der Waals surface area contributed by atoms with Crippen molar-refractivity contribution in [3.8, 4) is 17.6 Å². The molecule has 0 saturated heterocycles. The minimum absolute atomic E-state index is 0.0148. The molecule has 0 saturated carbocycles. The van der Waals surface area contributed by atoms with Crippen LogP contribution in [0, 0.1) is 17.1 Å². The number of benzene rings is 2. The highest BCUT2D eigenvalue weighted by atomic mass is 35.5. The molecule has 0 aliphatic rings. The number of rotatable bonds is 5. The number of nitriles is 1. The van der Waals surface area contributed by atoms with Gasteiger partial charge in [-0.1, -0.05) is 23.7 Å². The van der Waals surface area contributed by atoms with Crippen LogP contribution in [0.1, 0.15) is 5.56 Å². The van der Waals surface area contributed by atoms with Gasteiger partial charge < -0.3 is 14.8 Å². The maximum atomic E-state index is 13.6. The molecule has 0 aromatic heterocycles. The van der Waals surface area contributed by atoms with Crippen LogP contribution in [0.15, 0.2) is 42.0 Å². The van der Waals surface area contributed by atoms with Crippen molar-refractivity contribution >= 4 is 29.3 Å². The highest BCUT2D eigenvalue weighted by Gasteiger charge is 2.14. The fourth-order valence-electron chi connectivity index (χ4n) is 2.09. The van der Waals surface area contributed by atoms with Gasteiger partial charge >= 0.3 is 0 Å². The van der Waals surface area contributed by atoms with Crippen LogP contribution in [0.3, 0.4) is 0 Å². The van der Waals surface area contributed by atoms with Crippen molar-refractivity contribution in [1.82, 2.24) is 0 Å². The molecule has 2 aromatic carbocycles. The van der Waals surface area contributed by atoms with Gasteiger partial charge in [-0.2, -0.15) is 5.26 Å². The molecule has 0 bridgehead atoms. The molecule has 25 heavy (non-hydrogen) atoms. The Hall–Kier alpha value is -3.04. The minimum Gasteiger partial charge on any atom is -0.493 e. The predicted octanol–water partition coefficient (Wildman–Crippen LogP) is 4.04. The van der Waals surface area contributed by atoms with Crippen LogP contribution in [0.2, 0.25) is 5.02 Å². The summed E-state index contributed by atoms with van der Waals surface area (Å²) in [5, 5.41) is 11.9. The third kappa shape index (κ3) is 4.28. The molecule has 1 N–H and O–H groups in total. The summed E-state index contributed by atoms with van der Waals surface area (Å²) in [6, 6.07) is 10.6. The first-order chi connectivity index (χ1) is 12.0. The summed E-state index contributed by atoms with van der Waals surface area (Å²) < 4.78 is 23.9. The molecule has 128 valence electrons. The van der Waals surface area contributed by atoms with Gasteiger partial charge in [0.05, 0.1) is 24.9 Å². The third-order valence-corrected chi connectivity index (χ3v) is 3.53. The summed E-state index contributed by atoms with van der Waals surface area (Å²) in [7, 11) is 2.89. The number of ether oxygens (including phenoxy) is 2. The van der Waals surface area contributed by atoms with Crippen molar-refractivity contribution in [2.45, 2.75) is 0 Å². The summed E-state index contributed by atoms with van der Waals surface area (Å²) >= 11 is 6.10. The van der Waals surface area contributed by atoms with Crippen LogP contribution < -0.4 is 14.8 Å². The lowest BCUT2D eigenvalue weighted by Crippen LogP contribution is -2.14. The molecular formula is C18H14ClFN2O3. The maximum Gasteiger partial charge on any atom is 0.266 e. The molecular weight excluding hydrogens is 347 g/mol. The molecule has 0 spiro atoms. The van der Waals surface area contributed by atoms with Crippen LogP contribution in [0.25, 0.3) is 6.08 Å². The van der Waals surface area contributed by atoms with E-state index in [9.17, 15) is 14.4 Å². The molecule has 0 unspecified atom stereocenters. The number of para-hydroxylation sites is 1. The van der Waals surface area contributed by atoms with E-state index in [1.54, 1.807) is 18.2 Å². The van der Waals surface area contributed by atoms with Crippen molar-refractivity contribution in [3.05, 3.63) is 58.4 Å². The summed E-state index contributed by atoms with van der Waals surface area (Å²) in [6.45, 7) is 0. The Bertz CT molecular complexity index is 875. The first-order valence-electron chi connectivity index (χ1n) is 7.09. The van der Waals surface area contributed by atoms with Crippen molar-refractivity contribution in [3.63, 3.8) is 0 Å². The number of amides is 1. The molecule has 0 fully saturated rings. The van der Waals surface area contributed by atoms with E-state index in [4.69, 9.17) is 21.1 Å². The third-order valence-electron chi connectivity index (χ3n) is 3.25. The molecule has 0 aliphatic carbocycles. The number of carbonyl (C=O) groups is 1. The van der Waals surface area contributed by atoms with E-state index in [0.29, 0.717) is 17.1 Å². The zero-order chi connectivity index (χ0) is 18.4. The molecule has 0 heterocycles. The highest BCUT2D eigenvalue weighted by molar-refractivity contribution is 6.32. The zero-order valence-electron chi connectivity index (χ0n) is 13.5. The van der Waals surface area contributed by atoms with Crippen LogP contribution in [0.4, 0.5) is 10.1 Å². The van der Waals surface area contributed by atoms with Gasteiger partial charge in [-0.15, -0.1) is 0 Å². The first kappa shape index (κ1) is 18.3. The zero-order valence-corrected chi connectivity index (χ0v) is 14.2. The van der Waals surface area contributed by atoms with E-state index >= 15 is 0 Å². The lowest BCUT2D eigenvalue weighted by Gasteiger charge is -2.10. The Morgan fingerprint density at radius 1 is 1.28 bits per heavy atom. The molecule has 1 amide bonds. The number of hydrogen-bond acceptors (Lipinski definition) is 4. The Kier molecular flexibility index (Phi) is 5.98. The standard InChI is InChI=1S/C18H14ClFN2O3/c1-24-16-9-11(8-13(19)17(16)25-2)7-12(10-21)18(23)22-15-6-4-3-5-14(15)20/h3-9H,1-2H3,(H,22,23)/b12-7-. The second kappa shape index (κ2) is 8.18. The average molecular weight is 361 g/mol. The molecule has 7 heteroatoms. The lowest BCUT2D eigenvalue weighted by molar-refractivity contribution is -0.112. The predicted molar refractivity (Wildman–Crippen MR) is 93.2 cm³/mol. The highest BCUT2D eigenvalue weighted by Crippen LogP contribution is 2.36. The van der Waals surface area contributed by atoms with E-state index in [0.717, 1.165) is 0 Å². The molecule has 2 rings (SSSR count). The Morgan fingerprint density at radius 3 is 2.60 bits per heavy atom. The van der Waals surface area contributed by atoms with E-state index < -0.39 is 11.7 Å². The van der Waals surface area contributed by atoms with Gasteiger partial charge in [0, 0.05) is 0 Å². The summed E-state index contributed by atoms with van der Waals surface area (Å²) in [6.07, 6.45) is 1.32. The fraction of sp³-hybridized carbons (Fsp3) is 0.111. The van der Waals surface area contributed by atoms with Gasteiger partial charge in [0.1, 0.15) is 17.5 Å². The van der Waals surface area contributed by atoms with Crippen molar-refractivity contribution in [2.24, 2.45) is 0 Å². The summed E-state index contributed by atoms with van der Waals surface area (Å²) in [4.78, 5) is 12.2. The van der Waals surface area contributed by atoms with E-state index in [1.165, 1.54) is 44.6 Å². The number of halogens is 2. The van der Waals surface area contributed by atoms with E-state index in [-0.39, 0.29) is 16.3 Å². The van der Waals surface area contributed by atoms with Crippen LogP contribution in [-0.2, 0) is 4.79 Å². The number of nitrogens with one attached hydrogen (secondary N) is 1. The molecule has 5 nitrogen and oxygen atoms in total. The van der Waals surface area contributed by atoms with Gasteiger partial charge in [0.2, 0.25) is 0 Å².